The number of rotatable bonds is 6. The molecule has 7 unspecified atom stereocenters. The zero-order valence-electron chi connectivity index (χ0n) is 22.0. The molecule has 5 rings (SSSR count). The summed E-state index contributed by atoms with van der Waals surface area (Å²) in [6.45, 7) is 9.37. The molecule has 0 amide bonds. The van der Waals surface area contributed by atoms with E-state index in [-0.39, 0.29) is 0 Å². The average Bonchev–Trinajstić information content (AvgIpc) is 3.16. The summed E-state index contributed by atoms with van der Waals surface area (Å²) in [6, 6.07) is 4.02. The highest BCUT2D eigenvalue weighted by molar-refractivity contribution is 5.27. The Morgan fingerprint density at radius 1 is 1.12 bits per heavy atom. The normalized spacial score (nSPS) is 42.4. The molecule has 0 aliphatic heterocycles. The molecule has 3 saturated carbocycles. The molecule has 1 aromatic heterocycles. The Morgan fingerprint density at radius 3 is 2.71 bits per heavy atom. The summed E-state index contributed by atoms with van der Waals surface area (Å²) in [4.78, 5) is 4.40. The third-order valence-corrected chi connectivity index (χ3v) is 11.4. The molecule has 1 aromatic rings. The van der Waals surface area contributed by atoms with Crippen LogP contribution in [-0.4, -0.2) is 20.8 Å². The molecule has 8 atom stereocenters. The standard InChI is InChI=1S/C31H47NO2/c1-5-31(34)17-16-30(4)23(20-31)9-11-24-25-12-10-22(29(25,3)15-13-26(24)30)7-6-8-28(33)27-19-21(2)14-18-32-27/h9,14,18-19,22,24-26,28,33-34H,5-8,10-13,15-17,20H2,1-4H3/t22?,24?,25?,26?,28?,29?,30?,31-/m0/s1. The van der Waals surface area contributed by atoms with Gasteiger partial charge in [0, 0.05) is 6.20 Å². The van der Waals surface area contributed by atoms with Crippen molar-refractivity contribution in [1.82, 2.24) is 4.98 Å². The molecule has 0 aromatic carbocycles. The van der Waals surface area contributed by atoms with Crippen molar-refractivity contribution in [3.8, 4) is 0 Å². The van der Waals surface area contributed by atoms with E-state index in [0.29, 0.717) is 10.8 Å². The number of hydrogen-bond donors (Lipinski definition) is 2. The van der Waals surface area contributed by atoms with Gasteiger partial charge in [-0.25, -0.2) is 0 Å². The van der Waals surface area contributed by atoms with Gasteiger partial charge in [0.1, 0.15) is 0 Å². The van der Waals surface area contributed by atoms with Gasteiger partial charge in [0.2, 0.25) is 0 Å². The van der Waals surface area contributed by atoms with E-state index in [2.05, 4.69) is 38.8 Å². The molecule has 188 valence electrons. The molecule has 3 heteroatoms. The second kappa shape index (κ2) is 9.04. The van der Waals surface area contributed by atoms with Crippen LogP contribution in [0.2, 0.25) is 0 Å². The minimum atomic E-state index is -0.460. The van der Waals surface area contributed by atoms with E-state index in [9.17, 15) is 10.2 Å². The Labute approximate surface area is 207 Å². The van der Waals surface area contributed by atoms with Crippen LogP contribution in [0.25, 0.3) is 0 Å². The van der Waals surface area contributed by atoms with Gasteiger partial charge < -0.3 is 10.2 Å². The number of aryl methyl sites for hydroxylation is 1. The summed E-state index contributed by atoms with van der Waals surface area (Å²) in [5.74, 6) is 3.28. The number of aromatic nitrogens is 1. The lowest BCUT2D eigenvalue weighted by atomic mass is 9.46. The predicted molar refractivity (Wildman–Crippen MR) is 138 cm³/mol. The van der Waals surface area contributed by atoms with Gasteiger partial charge in [-0.05, 0) is 130 Å². The van der Waals surface area contributed by atoms with Crippen molar-refractivity contribution in [2.75, 3.05) is 0 Å². The van der Waals surface area contributed by atoms with Crippen LogP contribution in [0, 0.1) is 41.4 Å². The zero-order chi connectivity index (χ0) is 24.1. The first-order valence-corrected chi connectivity index (χ1v) is 14.2. The lowest BCUT2D eigenvalue weighted by molar-refractivity contribution is -0.0718. The maximum atomic E-state index is 11.0. The fourth-order valence-electron chi connectivity index (χ4n) is 9.04. The quantitative estimate of drug-likeness (QED) is 0.433. The largest absolute Gasteiger partial charge is 0.390 e. The van der Waals surface area contributed by atoms with E-state index in [4.69, 9.17) is 0 Å². The molecule has 1 heterocycles. The predicted octanol–water partition coefficient (Wildman–Crippen LogP) is 7.31. The lowest BCUT2D eigenvalue weighted by Gasteiger charge is -2.59. The number of allylic oxidation sites excluding steroid dienone is 1. The van der Waals surface area contributed by atoms with Crippen LogP contribution in [-0.2, 0) is 0 Å². The van der Waals surface area contributed by atoms with Crippen LogP contribution in [0.4, 0.5) is 0 Å². The van der Waals surface area contributed by atoms with E-state index < -0.39 is 11.7 Å². The van der Waals surface area contributed by atoms with Crippen molar-refractivity contribution in [1.29, 1.82) is 0 Å². The smallest absolute Gasteiger partial charge is 0.0959 e. The molecule has 0 saturated heterocycles. The molecular formula is C31H47NO2. The van der Waals surface area contributed by atoms with Crippen LogP contribution in [0.5, 0.6) is 0 Å². The topological polar surface area (TPSA) is 53.4 Å². The second-order valence-electron chi connectivity index (χ2n) is 13.0. The summed E-state index contributed by atoms with van der Waals surface area (Å²) in [5.41, 5.74) is 3.90. The first-order chi connectivity index (χ1) is 16.2. The van der Waals surface area contributed by atoms with E-state index >= 15 is 0 Å². The van der Waals surface area contributed by atoms with Crippen molar-refractivity contribution < 1.29 is 10.2 Å². The minimum absolute atomic E-state index is 0.314. The first kappa shape index (κ1) is 24.5. The Morgan fingerprint density at radius 2 is 1.94 bits per heavy atom. The van der Waals surface area contributed by atoms with E-state index in [1.165, 1.54) is 50.5 Å². The van der Waals surface area contributed by atoms with Crippen molar-refractivity contribution in [2.45, 2.75) is 116 Å². The number of hydrogen-bond acceptors (Lipinski definition) is 3. The van der Waals surface area contributed by atoms with Crippen LogP contribution in [0.1, 0.15) is 115 Å². The van der Waals surface area contributed by atoms with Crippen molar-refractivity contribution >= 4 is 0 Å². The maximum absolute atomic E-state index is 11.0. The molecule has 3 nitrogen and oxygen atoms in total. The van der Waals surface area contributed by atoms with Crippen molar-refractivity contribution in [3.63, 3.8) is 0 Å². The summed E-state index contributed by atoms with van der Waals surface area (Å²) in [6.07, 6.45) is 17.8. The molecule has 2 N–H and O–H groups in total. The molecule has 34 heavy (non-hydrogen) atoms. The highest BCUT2D eigenvalue weighted by Crippen LogP contribution is 2.67. The summed E-state index contributed by atoms with van der Waals surface area (Å²) in [7, 11) is 0. The number of aliphatic hydroxyl groups is 2. The maximum Gasteiger partial charge on any atom is 0.0959 e. The summed E-state index contributed by atoms with van der Waals surface area (Å²) >= 11 is 0. The fraction of sp³-hybridized carbons (Fsp3) is 0.774. The van der Waals surface area contributed by atoms with E-state index in [1.807, 2.05) is 18.3 Å². The van der Waals surface area contributed by atoms with Gasteiger partial charge in [0.25, 0.3) is 0 Å². The van der Waals surface area contributed by atoms with Gasteiger partial charge in [-0.1, -0.05) is 38.8 Å². The number of pyridine rings is 1. The van der Waals surface area contributed by atoms with Crippen LogP contribution < -0.4 is 0 Å². The molecule has 3 fully saturated rings. The fourth-order valence-corrected chi connectivity index (χ4v) is 9.04. The minimum Gasteiger partial charge on any atom is -0.390 e. The van der Waals surface area contributed by atoms with Gasteiger partial charge in [-0.2, -0.15) is 0 Å². The SMILES string of the molecule is CC[C@]1(O)CCC2(C)C(=CCC3C2CCC2(C)C(CCCC(O)c4cc(C)ccn4)CCC32)C1. The third kappa shape index (κ3) is 4.09. The van der Waals surface area contributed by atoms with Gasteiger partial charge in [-0.15, -0.1) is 0 Å². The van der Waals surface area contributed by atoms with Crippen LogP contribution >= 0.6 is 0 Å². The van der Waals surface area contributed by atoms with Crippen LogP contribution in [0.15, 0.2) is 30.0 Å². The monoisotopic (exact) mass is 465 g/mol. The number of fused-ring (bicyclic) bond motifs is 5. The molecule has 0 bridgehead atoms. The molecule has 0 spiro atoms. The average molecular weight is 466 g/mol. The van der Waals surface area contributed by atoms with E-state index in [0.717, 1.165) is 61.5 Å². The summed E-state index contributed by atoms with van der Waals surface area (Å²) in [5, 5.41) is 21.7. The molecular weight excluding hydrogens is 418 g/mol. The molecule has 4 aliphatic carbocycles. The van der Waals surface area contributed by atoms with Crippen molar-refractivity contribution in [3.05, 3.63) is 41.2 Å². The Hall–Kier alpha value is -1.19. The van der Waals surface area contributed by atoms with E-state index in [1.54, 1.807) is 5.57 Å². The second-order valence-corrected chi connectivity index (χ2v) is 13.0. The third-order valence-electron chi connectivity index (χ3n) is 11.4. The first-order valence-electron chi connectivity index (χ1n) is 14.2. The van der Waals surface area contributed by atoms with Gasteiger partial charge >= 0.3 is 0 Å². The zero-order valence-corrected chi connectivity index (χ0v) is 22.0. The highest BCUT2D eigenvalue weighted by atomic mass is 16.3. The Kier molecular flexibility index (Phi) is 6.51. The van der Waals surface area contributed by atoms with Gasteiger partial charge in [0.05, 0.1) is 17.4 Å². The highest BCUT2D eigenvalue weighted by Gasteiger charge is 2.59. The lowest BCUT2D eigenvalue weighted by Crippen LogP contribution is -2.52. The number of nitrogens with zero attached hydrogens (tertiary/aromatic N) is 1. The molecule has 0 radical (unpaired) electrons. The van der Waals surface area contributed by atoms with Crippen LogP contribution in [0.3, 0.4) is 0 Å². The van der Waals surface area contributed by atoms with Crippen molar-refractivity contribution in [2.24, 2.45) is 34.5 Å². The van der Waals surface area contributed by atoms with Gasteiger partial charge in [-0.3, -0.25) is 4.98 Å². The number of aliphatic hydroxyl groups excluding tert-OH is 1. The molecule has 4 aliphatic rings. The Bertz CT molecular complexity index is 926. The Balaban J connectivity index is 1.24. The van der Waals surface area contributed by atoms with Gasteiger partial charge in [0.15, 0.2) is 0 Å². The summed E-state index contributed by atoms with van der Waals surface area (Å²) < 4.78 is 0.